The predicted octanol–water partition coefficient (Wildman–Crippen LogP) is 2.90. The van der Waals surface area contributed by atoms with E-state index in [-0.39, 0.29) is 0 Å². The van der Waals surface area contributed by atoms with Gasteiger partial charge in [-0.3, -0.25) is 4.79 Å². The predicted molar refractivity (Wildman–Crippen MR) is 73.7 cm³/mol. The second kappa shape index (κ2) is 7.27. The summed E-state index contributed by atoms with van der Waals surface area (Å²) in [5.74, 6) is 0.224. The number of hydrogen-bond acceptors (Lipinski definition) is 3. The Morgan fingerprint density at radius 1 is 1.47 bits per heavy atom. The average molecular weight is 259 g/mol. The first-order valence-corrected chi connectivity index (χ1v) is 7.73. The van der Waals surface area contributed by atoms with Gasteiger partial charge in [-0.05, 0) is 44.9 Å². The van der Waals surface area contributed by atoms with E-state index in [2.05, 4.69) is 12.2 Å². The number of hydrogen-bond donors (Lipinski definition) is 2. The van der Waals surface area contributed by atoms with Crippen LogP contribution in [0.1, 0.15) is 52.4 Å². The van der Waals surface area contributed by atoms with Crippen molar-refractivity contribution in [2.24, 2.45) is 0 Å². The lowest BCUT2D eigenvalue weighted by atomic mass is 9.99. The smallest absolute Gasteiger partial charge is 0.323 e. The molecule has 0 heterocycles. The molecule has 1 rings (SSSR count). The molecular formula is C13H25NO2S. The maximum absolute atomic E-state index is 11.3. The highest BCUT2D eigenvalue weighted by molar-refractivity contribution is 7.99. The molecule has 0 aromatic rings. The van der Waals surface area contributed by atoms with Crippen molar-refractivity contribution in [1.29, 1.82) is 0 Å². The van der Waals surface area contributed by atoms with E-state index in [1.54, 1.807) is 6.92 Å². The van der Waals surface area contributed by atoms with Crippen LogP contribution in [0.15, 0.2) is 0 Å². The van der Waals surface area contributed by atoms with Gasteiger partial charge in [0.2, 0.25) is 0 Å². The van der Waals surface area contributed by atoms with Crippen LogP contribution >= 0.6 is 11.8 Å². The minimum absolute atomic E-state index is 0.712. The third kappa shape index (κ3) is 4.88. The summed E-state index contributed by atoms with van der Waals surface area (Å²) in [6.07, 6.45) is 7.01. The van der Waals surface area contributed by atoms with Gasteiger partial charge in [-0.15, -0.1) is 0 Å². The van der Waals surface area contributed by atoms with Crippen LogP contribution in [-0.2, 0) is 4.79 Å². The monoisotopic (exact) mass is 259 g/mol. The Kier molecular flexibility index (Phi) is 6.34. The Bertz CT molecular complexity index is 242. The van der Waals surface area contributed by atoms with E-state index in [1.165, 1.54) is 25.7 Å². The van der Waals surface area contributed by atoms with E-state index >= 15 is 0 Å². The van der Waals surface area contributed by atoms with Crippen molar-refractivity contribution < 1.29 is 9.90 Å². The highest BCUT2D eigenvalue weighted by Gasteiger charge is 2.32. The molecule has 0 aromatic heterocycles. The Morgan fingerprint density at radius 3 is 2.65 bits per heavy atom. The van der Waals surface area contributed by atoms with E-state index in [0.29, 0.717) is 6.42 Å². The average Bonchev–Trinajstić information content (AvgIpc) is 2.79. The zero-order chi connectivity index (χ0) is 12.7. The van der Waals surface area contributed by atoms with E-state index in [1.807, 2.05) is 11.8 Å². The number of rotatable bonds is 8. The van der Waals surface area contributed by atoms with Crippen molar-refractivity contribution in [2.75, 3.05) is 12.3 Å². The maximum atomic E-state index is 11.3. The summed E-state index contributed by atoms with van der Waals surface area (Å²) in [6.45, 7) is 4.64. The largest absolute Gasteiger partial charge is 0.480 e. The van der Waals surface area contributed by atoms with Gasteiger partial charge in [0, 0.05) is 5.25 Å². The number of thioether (sulfide) groups is 1. The molecule has 1 atom stereocenters. The highest BCUT2D eigenvalue weighted by atomic mass is 32.2. The van der Waals surface area contributed by atoms with Crippen LogP contribution in [0, 0.1) is 0 Å². The Labute approximate surface area is 109 Å². The molecule has 3 nitrogen and oxygen atoms in total. The van der Waals surface area contributed by atoms with Crippen LogP contribution < -0.4 is 5.32 Å². The second-order valence-electron chi connectivity index (χ2n) is 5.09. The summed E-state index contributed by atoms with van der Waals surface area (Å²) in [4.78, 5) is 11.3. The summed E-state index contributed by atoms with van der Waals surface area (Å²) in [7, 11) is 0. The van der Waals surface area contributed by atoms with E-state index in [4.69, 9.17) is 0 Å². The van der Waals surface area contributed by atoms with Crippen LogP contribution in [0.2, 0.25) is 0 Å². The zero-order valence-corrected chi connectivity index (χ0v) is 11.8. The number of carboxylic acids is 1. The van der Waals surface area contributed by atoms with Crippen molar-refractivity contribution in [3.8, 4) is 0 Å². The van der Waals surface area contributed by atoms with Gasteiger partial charge in [-0.2, -0.15) is 11.8 Å². The van der Waals surface area contributed by atoms with Gasteiger partial charge in [-0.25, -0.2) is 0 Å². The molecule has 0 aromatic carbocycles. The maximum Gasteiger partial charge on any atom is 0.323 e. The lowest BCUT2D eigenvalue weighted by Crippen LogP contribution is -2.50. The first kappa shape index (κ1) is 14.8. The quantitative estimate of drug-likeness (QED) is 0.703. The highest BCUT2D eigenvalue weighted by Crippen LogP contribution is 2.30. The number of nitrogens with one attached hydrogen (secondary N) is 1. The minimum Gasteiger partial charge on any atom is -0.480 e. The van der Waals surface area contributed by atoms with Crippen molar-refractivity contribution >= 4 is 17.7 Å². The van der Waals surface area contributed by atoms with E-state index < -0.39 is 11.5 Å². The molecule has 1 saturated carbocycles. The summed E-state index contributed by atoms with van der Waals surface area (Å²) < 4.78 is 0. The fraction of sp³-hybridized carbons (Fsp3) is 0.923. The molecule has 0 spiro atoms. The van der Waals surface area contributed by atoms with Crippen molar-refractivity contribution in [3.05, 3.63) is 0 Å². The Hall–Kier alpha value is -0.220. The summed E-state index contributed by atoms with van der Waals surface area (Å²) in [5, 5.41) is 13.2. The van der Waals surface area contributed by atoms with Gasteiger partial charge in [0.15, 0.2) is 0 Å². The molecule has 1 fully saturated rings. The van der Waals surface area contributed by atoms with Crippen LogP contribution in [0.25, 0.3) is 0 Å². The molecule has 0 bridgehead atoms. The van der Waals surface area contributed by atoms with Gasteiger partial charge < -0.3 is 10.4 Å². The fourth-order valence-electron chi connectivity index (χ4n) is 2.16. The van der Waals surface area contributed by atoms with Crippen LogP contribution in [-0.4, -0.2) is 34.2 Å². The number of carbonyl (C=O) groups is 1. The van der Waals surface area contributed by atoms with Gasteiger partial charge in [0.05, 0.1) is 0 Å². The zero-order valence-electron chi connectivity index (χ0n) is 11.0. The molecule has 17 heavy (non-hydrogen) atoms. The molecule has 1 aliphatic rings. The fourth-order valence-corrected chi connectivity index (χ4v) is 3.68. The lowest BCUT2D eigenvalue weighted by molar-refractivity contribution is -0.144. The molecule has 0 amide bonds. The summed E-state index contributed by atoms with van der Waals surface area (Å²) >= 11 is 1.96. The molecule has 0 saturated heterocycles. The van der Waals surface area contributed by atoms with Crippen LogP contribution in [0.3, 0.4) is 0 Å². The molecule has 4 heteroatoms. The van der Waals surface area contributed by atoms with Crippen molar-refractivity contribution in [2.45, 2.75) is 63.2 Å². The summed E-state index contributed by atoms with van der Waals surface area (Å²) in [5.41, 5.74) is -0.748. The van der Waals surface area contributed by atoms with E-state index in [9.17, 15) is 9.90 Å². The Morgan fingerprint density at radius 2 is 2.12 bits per heavy atom. The standard InChI is InChI=1S/C13H25NO2S/c1-3-9-14-13(2,12(15)16)8-10-17-11-6-4-5-7-11/h11,14H,3-10H2,1-2H3,(H,15,16). The topological polar surface area (TPSA) is 49.3 Å². The second-order valence-corrected chi connectivity index (χ2v) is 6.50. The Balaban J connectivity index is 2.30. The molecule has 100 valence electrons. The van der Waals surface area contributed by atoms with Gasteiger partial charge in [0.25, 0.3) is 0 Å². The van der Waals surface area contributed by atoms with Gasteiger partial charge in [0.1, 0.15) is 5.54 Å². The first-order valence-electron chi connectivity index (χ1n) is 6.68. The summed E-state index contributed by atoms with van der Waals surface area (Å²) in [6, 6.07) is 0. The van der Waals surface area contributed by atoms with Crippen LogP contribution in [0.5, 0.6) is 0 Å². The van der Waals surface area contributed by atoms with Crippen molar-refractivity contribution in [1.82, 2.24) is 5.32 Å². The third-order valence-corrected chi connectivity index (χ3v) is 4.88. The van der Waals surface area contributed by atoms with Gasteiger partial charge >= 0.3 is 5.97 Å². The van der Waals surface area contributed by atoms with Gasteiger partial charge in [-0.1, -0.05) is 19.8 Å². The first-order chi connectivity index (χ1) is 8.08. The third-order valence-electron chi connectivity index (χ3n) is 3.50. The molecule has 2 N–H and O–H groups in total. The molecule has 0 aliphatic heterocycles. The molecule has 0 radical (unpaired) electrons. The molecule has 1 unspecified atom stereocenters. The molecule has 1 aliphatic carbocycles. The SMILES string of the molecule is CCCNC(C)(CCSC1CCCC1)C(=O)O. The molecular weight excluding hydrogens is 234 g/mol. The van der Waals surface area contributed by atoms with E-state index in [0.717, 1.165) is 24.0 Å². The number of aliphatic carboxylic acids is 1. The van der Waals surface area contributed by atoms with Crippen LogP contribution in [0.4, 0.5) is 0 Å². The van der Waals surface area contributed by atoms with Crippen molar-refractivity contribution in [3.63, 3.8) is 0 Å². The minimum atomic E-state index is -0.748. The lowest BCUT2D eigenvalue weighted by Gasteiger charge is -2.26. The normalized spacial score (nSPS) is 20.4. The number of carboxylic acid groups (broad SMARTS) is 1.